The summed E-state index contributed by atoms with van der Waals surface area (Å²) in [5.74, 6) is 0. The van der Waals surface area contributed by atoms with Gasteiger partial charge in [-0.05, 0) is 92.9 Å². The van der Waals surface area contributed by atoms with Crippen molar-refractivity contribution in [1.29, 1.82) is 0 Å². The number of aliphatic hydroxyl groups is 2. The summed E-state index contributed by atoms with van der Waals surface area (Å²) in [6.07, 6.45) is 10.9. The van der Waals surface area contributed by atoms with Crippen LogP contribution in [0, 0.1) is 0 Å². The van der Waals surface area contributed by atoms with Crippen molar-refractivity contribution < 1.29 is 19.7 Å². The van der Waals surface area contributed by atoms with Crippen LogP contribution < -0.4 is 10.6 Å². The van der Waals surface area contributed by atoms with E-state index in [1.54, 1.807) is 0 Å². The Hall–Kier alpha value is -0.500. The van der Waals surface area contributed by atoms with Crippen molar-refractivity contribution in [2.45, 2.75) is 134 Å². The Morgan fingerprint density at radius 1 is 0.812 bits per heavy atom. The zero-order valence-corrected chi connectivity index (χ0v) is 21.7. The van der Waals surface area contributed by atoms with E-state index in [1.807, 2.05) is 6.08 Å². The molecule has 0 aliphatic heterocycles. The van der Waals surface area contributed by atoms with E-state index in [1.165, 1.54) is 25.7 Å². The van der Waals surface area contributed by atoms with Crippen molar-refractivity contribution in [2.24, 2.45) is 0 Å². The van der Waals surface area contributed by atoms with E-state index in [2.05, 4.69) is 58.8 Å². The molecule has 2 rings (SSSR count). The molecule has 1 atom stereocenters. The minimum Gasteiger partial charge on any atom is -0.394 e. The largest absolute Gasteiger partial charge is 0.394 e. The normalized spacial score (nSPS) is 27.9. The van der Waals surface area contributed by atoms with Gasteiger partial charge in [-0.1, -0.05) is 6.08 Å². The lowest BCUT2D eigenvalue weighted by Gasteiger charge is -2.34. The van der Waals surface area contributed by atoms with E-state index in [0.717, 1.165) is 25.7 Å². The van der Waals surface area contributed by atoms with Gasteiger partial charge in [0.25, 0.3) is 0 Å². The average molecular weight is 457 g/mol. The van der Waals surface area contributed by atoms with Crippen molar-refractivity contribution in [3.05, 3.63) is 12.7 Å². The van der Waals surface area contributed by atoms with E-state index in [0.29, 0.717) is 24.8 Å². The number of nitrogens with one attached hydrogen (secondary N) is 2. The third kappa shape index (κ3) is 14.6. The van der Waals surface area contributed by atoms with E-state index in [9.17, 15) is 5.11 Å². The van der Waals surface area contributed by atoms with Gasteiger partial charge >= 0.3 is 0 Å². The zero-order valence-electron chi connectivity index (χ0n) is 21.7. The fourth-order valence-electron chi connectivity index (χ4n) is 4.48. The summed E-state index contributed by atoms with van der Waals surface area (Å²) in [6.45, 7) is 17.6. The Balaban J connectivity index is 0.000000323. The molecule has 0 amide bonds. The fourth-order valence-corrected chi connectivity index (χ4v) is 4.48. The summed E-state index contributed by atoms with van der Waals surface area (Å²) in [7, 11) is 0. The highest BCUT2D eigenvalue weighted by atomic mass is 16.5. The first-order chi connectivity index (χ1) is 14.9. The quantitative estimate of drug-likeness (QED) is 0.393. The SMILES string of the molecule is C=CCOC1CCC(NC(C)(C)C)CC1.CC(C)(C)NC1CCC(OCC(O)CO)CC1. The molecule has 1 unspecified atom stereocenters. The van der Waals surface area contributed by atoms with E-state index in [-0.39, 0.29) is 30.4 Å². The topological polar surface area (TPSA) is 83.0 Å². The molecular formula is C26H52N2O4. The Morgan fingerprint density at radius 3 is 1.56 bits per heavy atom. The summed E-state index contributed by atoms with van der Waals surface area (Å²) in [5.41, 5.74) is 0.408. The van der Waals surface area contributed by atoms with Crippen molar-refractivity contribution in [3.8, 4) is 0 Å². The molecule has 0 aromatic heterocycles. The maximum absolute atomic E-state index is 9.21. The van der Waals surface area contributed by atoms with Crippen LogP contribution in [0.5, 0.6) is 0 Å². The van der Waals surface area contributed by atoms with E-state index >= 15 is 0 Å². The summed E-state index contributed by atoms with van der Waals surface area (Å²) in [6, 6.07) is 1.26. The monoisotopic (exact) mass is 456 g/mol. The molecule has 0 heterocycles. The summed E-state index contributed by atoms with van der Waals surface area (Å²) in [4.78, 5) is 0. The third-order valence-electron chi connectivity index (χ3n) is 5.81. The Labute approximate surface area is 197 Å². The van der Waals surface area contributed by atoms with Crippen LogP contribution in [0.1, 0.15) is 92.9 Å². The van der Waals surface area contributed by atoms with Gasteiger partial charge < -0.3 is 30.3 Å². The highest BCUT2D eigenvalue weighted by molar-refractivity contribution is 4.84. The van der Waals surface area contributed by atoms with Crippen LogP contribution >= 0.6 is 0 Å². The van der Waals surface area contributed by atoms with Crippen LogP contribution in [0.4, 0.5) is 0 Å². The maximum atomic E-state index is 9.21. The Kier molecular flexibility index (Phi) is 13.6. The van der Waals surface area contributed by atoms with Gasteiger partial charge in [-0.2, -0.15) is 0 Å². The van der Waals surface area contributed by atoms with Gasteiger partial charge in [0.15, 0.2) is 0 Å². The average Bonchev–Trinajstić information content (AvgIpc) is 2.71. The summed E-state index contributed by atoms with van der Waals surface area (Å²) in [5, 5.41) is 25.2. The molecule has 2 fully saturated rings. The fraction of sp³-hybridized carbons (Fsp3) is 0.923. The Morgan fingerprint density at radius 2 is 1.22 bits per heavy atom. The van der Waals surface area contributed by atoms with Gasteiger partial charge in [-0.3, -0.25) is 0 Å². The molecule has 0 aromatic rings. The highest BCUT2D eigenvalue weighted by Gasteiger charge is 2.25. The van der Waals surface area contributed by atoms with Gasteiger partial charge in [0, 0.05) is 23.2 Å². The van der Waals surface area contributed by atoms with Crippen LogP contribution in [0.3, 0.4) is 0 Å². The van der Waals surface area contributed by atoms with Gasteiger partial charge in [-0.25, -0.2) is 0 Å². The molecule has 0 saturated heterocycles. The van der Waals surface area contributed by atoms with Crippen molar-refractivity contribution >= 4 is 0 Å². The van der Waals surface area contributed by atoms with Crippen LogP contribution in [-0.4, -0.2) is 71.5 Å². The second-order valence-electron chi connectivity index (χ2n) is 11.5. The molecule has 2 aliphatic carbocycles. The lowest BCUT2D eigenvalue weighted by molar-refractivity contribution is -0.0427. The first-order valence-corrected chi connectivity index (χ1v) is 12.6. The lowest BCUT2D eigenvalue weighted by Crippen LogP contribution is -2.46. The smallest absolute Gasteiger partial charge is 0.100 e. The number of aliphatic hydroxyl groups excluding tert-OH is 2. The number of ether oxygens (including phenoxy) is 2. The zero-order chi connectivity index (χ0) is 24.2. The predicted octanol–water partition coefficient (Wildman–Crippen LogP) is 3.94. The molecule has 0 aromatic carbocycles. The van der Waals surface area contributed by atoms with Gasteiger partial charge in [0.2, 0.25) is 0 Å². The second-order valence-corrected chi connectivity index (χ2v) is 11.5. The van der Waals surface area contributed by atoms with Crippen LogP contribution in [0.2, 0.25) is 0 Å². The maximum Gasteiger partial charge on any atom is 0.100 e. The van der Waals surface area contributed by atoms with E-state index in [4.69, 9.17) is 14.6 Å². The second kappa shape index (κ2) is 14.7. The van der Waals surface area contributed by atoms with Gasteiger partial charge in [0.05, 0.1) is 32.0 Å². The molecule has 6 heteroatoms. The van der Waals surface area contributed by atoms with Crippen molar-refractivity contribution in [3.63, 3.8) is 0 Å². The van der Waals surface area contributed by atoms with Crippen molar-refractivity contribution in [1.82, 2.24) is 10.6 Å². The molecule has 0 radical (unpaired) electrons. The number of rotatable bonds is 9. The predicted molar refractivity (Wildman–Crippen MR) is 133 cm³/mol. The molecule has 0 bridgehead atoms. The van der Waals surface area contributed by atoms with Crippen LogP contribution in [0.25, 0.3) is 0 Å². The molecule has 4 N–H and O–H groups in total. The molecule has 2 aliphatic rings. The lowest BCUT2D eigenvalue weighted by atomic mass is 9.91. The first-order valence-electron chi connectivity index (χ1n) is 12.6. The standard InChI is InChI=1S/C13H27NO3.C13H25NO/c1-13(2,3)14-10-4-6-12(7-5-10)17-9-11(16)8-15;1-5-10-15-12-8-6-11(7-9-12)14-13(2,3)4/h10-12,14-16H,4-9H2,1-3H3;5,11-12,14H,1,6-10H2,2-4H3. The number of hydrogen-bond acceptors (Lipinski definition) is 6. The highest BCUT2D eigenvalue weighted by Crippen LogP contribution is 2.24. The molecule has 32 heavy (non-hydrogen) atoms. The summed E-state index contributed by atoms with van der Waals surface area (Å²) >= 11 is 0. The molecule has 0 spiro atoms. The van der Waals surface area contributed by atoms with Gasteiger partial charge in [0.1, 0.15) is 6.10 Å². The van der Waals surface area contributed by atoms with Gasteiger partial charge in [-0.15, -0.1) is 6.58 Å². The molecular weight excluding hydrogens is 404 g/mol. The number of hydrogen-bond donors (Lipinski definition) is 4. The third-order valence-corrected chi connectivity index (χ3v) is 5.81. The summed E-state index contributed by atoms with van der Waals surface area (Å²) < 4.78 is 11.2. The minimum atomic E-state index is -0.736. The Bertz CT molecular complexity index is 485. The molecule has 2 saturated carbocycles. The molecule has 6 nitrogen and oxygen atoms in total. The van der Waals surface area contributed by atoms with Crippen molar-refractivity contribution in [2.75, 3.05) is 19.8 Å². The first kappa shape index (κ1) is 29.5. The van der Waals surface area contributed by atoms with Crippen LogP contribution in [0.15, 0.2) is 12.7 Å². The molecule has 190 valence electrons. The minimum absolute atomic E-state index is 0.172. The van der Waals surface area contributed by atoms with Crippen LogP contribution in [-0.2, 0) is 9.47 Å². The van der Waals surface area contributed by atoms with E-state index < -0.39 is 6.10 Å².